The molecule has 0 radical (unpaired) electrons. The number of rotatable bonds is 3. The summed E-state index contributed by atoms with van der Waals surface area (Å²) in [6.07, 6.45) is 6.54. The van der Waals surface area contributed by atoms with Crippen LogP contribution >= 0.6 is 23.4 Å². The summed E-state index contributed by atoms with van der Waals surface area (Å²) in [5, 5.41) is 4.32. The zero-order chi connectivity index (χ0) is 12.4. The lowest BCUT2D eigenvalue weighted by Gasteiger charge is -2.21. The number of nitrogens with one attached hydrogen (secondary N) is 1. The topological polar surface area (TPSA) is 29.3 Å². The largest absolute Gasteiger partial charge is 0.307 e. The SMILES string of the molecule is Clc1ccc2nc(CNC3CCCSC3)cn2c1. The first-order valence-electron chi connectivity index (χ1n) is 6.25. The maximum Gasteiger partial charge on any atom is 0.137 e. The van der Waals surface area contributed by atoms with Crippen LogP contribution < -0.4 is 5.32 Å². The van der Waals surface area contributed by atoms with E-state index in [-0.39, 0.29) is 0 Å². The molecule has 0 spiro atoms. The fourth-order valence-corrected chi connectivity index (χ4v) is 3.53. The molecule has 1 saturated heterocycles. The second-order valence-corrected chi connectivity index (χ2v) is 6.23. The Hall–Kier alpha value is -0.710. The molecular weight excluding hydrogens is 266 g/mol. The highest BCUT2D eigenvalue weighted by atomic mass is 35.5. The average Bonchev–Trinajstić information content (AvgIpc) is 2.79. The molecule has 0 bridgehead atoms. The average molecular weight is 282 g/mol. The Morgan fingerprint density at radius 3 is 3.22 bits per heavy atom. The monoisotopic (exact) mass is 281 g/mol. The lowest BCUT2D eigenvalue weighted by Crippen LogP contribution is -2.33. The molecule has 3 rings (SSSR count). The van der Waals surface area contributed by atoms with Gasteiger partial charge in [0.25, 0.3) is 0 Å². The van der Waals surface area contributed by atoms with Gasteiger partial charge in [-0.2, -0.15) is 11.8 Å². The molecule has 1 atom stereocenters. The standard InChI is InChI=1S/C13H16ClN3S/c14-10-3-4-13-16-12(8-17(13)7-10)6-15-11-2-1-5-18-9-11/h3-4,7-8,11,15H,1-2,5-6,9H2. The summed E-state index contributed by atoms with van der Waals surface area (Å²) in [5.74, 6) is 2.53. The maximum atomic E-state index is 5.96. The molecule has 0 saturated carbocycles. The van der Waals surface area contributed by atoms with Crippen molar-refractivity contribution < 1.29 is 0 Å². The zero-order valence-electron chi connectivity index (χ0n) is 10.1. The molecule has 1 aliphatic rings. The molecule has 18 heavy (non-hydrogen) atoms. The van der Waals surface area contributed by atoms with Crippen molar-refractivity contribution in [2.75, 3.05) is 11.5 Å². The minimum Gasteiger partial charge on any atom is -0.307 e. The van der Waals surface area contributed by atoms with Gasteiger partial charge in [0.05, 0.1) is 10.7 Å². The molecule has 1 fully saturated rings. The van der Waals surface area contributed by atoms with Crippen LogP contribution in [0, 0.1) is 0 Å². The van der Waals surface area contributed by atoms with Crippen LogP contribution in [0.5, 0.6) is 0 Å². The van der Waals surface area contributed by atoms with E-state index in [4.69, 9.17) is 11.6 Å². The van der Waals surface area contributed by atoms with Crippen LogP contribution in [0.1, 0.15) is 18.5 Å². The molecule has 3 heterocycles. The van der Waals surface area contributed by atoms with Crippen LogP contribution in [0.2, 0.25) is 5.02 Å². The fourth-order valence-electron chi connectivity index (χ4n) is 2.25. The Morgan fingerprint density at radius 2 is 2.39 bits per heavy atom. The van der Waals surface area contributed by atoms with Crippen LogP contribution in [-0.4, -0.2) is 26.9 Å². The van der Waals surface area contributed by atoms with Crippen molar-refractivity contribution in [3.05, 3.63) is 35.2 Å². The number of aromatic nitrogens is 2. The van der Waals surface area contributed by atoms with E-state index in [1.54, 1.807) is 0 Å². The van der Waals surface area contributed by atoms with Gasteiger partial charge >= 0.3 is 0 Å². The molecule has 1 N–H and O–H groups in total. The molecule has 0 aliphatic carbocycles. The van der Waals surface area contributed by atoms with Gasteiger partial charge in [-0.05, 0) is 30.7 Å². The molecule has 0 aromatic carbocycles. The Balaban J connectivity index is 1.67. The van der Waals surface area contributed by atoms with E-state index < -0.39 is 0 Å². The van der Waals surface area contributed by atoms with Crippen LogP contribution in [0.25, 0.3) is 5.65 Å². The van der Waals surface area contributed by atoms with Crippen molar-refractivity contribution in [3.8, 4) is 0 Å². The number of imidazole rings is 1. The van der Waals surface area contributed by atoms with Gasteiger partial charge in [0, 0.05) is 30.7 Å². The van der Waals surface area contributed by atoms with Crippen molar-refractivity contribution in [2.24, 2.45) is 0 Å². The number of fused-ring (bicyclic) bond motifs is 1. The van der Waals surface area contributed by atoms with Crippen LogP contribution in [0.4, 0.5) is 0 Å². The molecular formula is C13H16ClN3S. The molecule has 1 unspecified atom stereocenters. The predicted molar refractivity (Wildman–Crippen MR) is 77.4 cm³/mol. The van der Waals surface area contributed by atoms with Gasteiger partial charge in [0.2, 0.25) is 0 Å². The fraction of sp³-hybridized carbons (Fsp3) is 0.462. The van der Waals surface area contributed by atoms with Crippen LogP contribution in [0.15, 0.2) is 24.5 Å². The highest BCUT2D eigenvalue weighted by molar-refractivity contribution is 7.99. The summed E-state index contributed by atoms with van der Waals surface area (Å²) in [5.41, 5.74) is 2.03. The van der Waals surface area contributed by atoms with Crippen molar-refractivity contribution in [2.45, 2.75) is 25.4 Å². The maximum absolute atomic E-state index is 5.96. The predicted octanol–water partition coefficient (Wildman–Crippen LogP) is 2.97. The van der Waals surface area contributed by atoms with Gasteiger partial charge in [0.1, 0.15) is 5.65 Å². The zero-order valence-corrected chi connectivity index (χ0v) is 11.7. The second-order valence-electron chi connectivity index (χ2n) is 4.64. The van der Waals surface area contributed by atoms with Gasteiger partial charge in [-0.25, -0.2) is 4.98 Å². The number of nitrogens with zero attached hydrogens (tertiary/aromatic N) is 2. The van der Waals surface area contributed by atoms with Crippen LogP contribution in [-0.2, 0) is 6.54 Å². The first kappa shape index (κ1) is 12.3. The number of pyridine rings is 1. The van der Waals surface area contributed by atoms with E-state index in [1.807, 2.05) is 40.7 Å². The number of halogens is 1. The van der Waals surface area contributed by atoms with Gasteiger partial charge in [-0.3, -0.25) is 0 Å². The van der Waals surface area contributed by atoms with Crippen molar-refractivity contribution in [3.63, 3.8) is 0 Å². The molecule has 96 valence electrons. The van der Waals surface area contributed by atoms with E-state index in [0.29, 0.717) is 6.04 Å². The third-order valence-corrected chi connectivity index (χ3v) is 4.64. The summed E-state index contributed by atoms with van der Waals surface area (Å²) in [6.45, 7) is 0.838. The molecule has 2 aromatic rings. The van der Waals surface area contributed by atoms with Crippen molar-refractivity contribution >= 4 is 29.0 Å². The lowest BCUT2D eigenvalue weighted by atomic mass is 10.2. The van der Waals surface area contributed by atoms with E-state index in [2.05, 4.69) is 10.3 Å². The third-order valence-electron chi connectivity index (χ3n) is 3.20. The lowest BCUT2D eigenvalue weighted by molar-refractivity contribution is 0.504. The number of hydrogen-bond acceptors (Lipinski definition) is 3. The van der Waals surface area contributed by atoms with E-state index in [1.165, 1.54) is 24.3 Å². The van der Waals surface area contributed by atoms with Crippen molar-refractivity contribution in [1.29, 1.82) is 0 Å². The summed E-state index contributed by atoms with van der Waals surface area (Å²) < 4.78 is 1.98. The second kappa shape index (κ2) is 5.51. The highest BCUT2D eigenvalue weighted by Crippen LogP contribution is 2.17. The quantitative estimate of drug-likeness (QED) is 0.938. The van der Waals surface area contributed by atoms with Crippen LogP contribution in [0.3, 0.4) is 0 Å². The Bertz CT molecular complexity index is 534. The van der Waals surface area contributed by atoms with E-state index >= 15 is 0 Å². The third kappa shape index (κ3) is 2.82. The first-order chi connectivity index (χ1) is 8.81. The normalized spacial score (nSPS) is 20.4. The molecule has 1 aliphatic heterocycles. The molecule has 0 amide bonds. The molecule has 3 nitrogen and oxygen atoms in total. The summed E-state index contributed by atoms with van der Waals surface area (Å²) in [4.78, 5) is 4.57. The van der Waals surface area contributed by atoms with Gasteiger partial charge in [-0.15, -0.1) is 0 Å². The summed E-state index contributed by atoms with van der Waals surface area (Å²) in [6, 6.07) is 4.46. The number of thioether (sulfide) groups is 1. The first-order valence-corrected chi connectivity index (χ1v) is 7.79. The number of hydrogen-bond donors (Lipinski definition) is 1. The Kier molecular flexibility index (Phi) is 3.77. The molecule has 5 heteroatoms. The van der Waals surface area contributed by atoms with Gasteiger partial charge in [0.15, 0.2) is 0 Å². The highest BCUT2D eigenvalue weighted by Gasteiger charge is 2.13. The Morgan fingerprint density at radius 1 is 1.44 bits per heavy atom. The van der Waals surface area contributed by atoms with Gasteiger partial charge < -0.3 is 9.72 Å². The van der Waals surface area contributed by atoms with E-state index in [0.717, 1.165) is 22.9 Å². The minimum atomic E-state index is 0.636. The van der Waals surface area contributed by atoms with E-state index in [9.17, 15) is 0 Å². The molecule has 2 aromatic heterocycles. The van der Waals surface area contributed by atoms with Crippen molar-refractivity contribution in [1.82, 2.24) is 14.7 Å². The summed E-state index contributed by atoms with van der Waals surface area (Å²) in [7, 11) is 0. The minimum absolute atomic E-state index is 0.636. The van der Waals surface area contributed by atoms with Gasteiger partial charge in [-0.1, -0.05) is 11.6 Å². The summed E-state index contributed by atoms with van der Waals surface area (Å²) >= 11 is 8.00. The Labute approximate surface area is 116 Å². The smallest absolute Gasteiger partial charge is 0.137 e.